The minimum absolute atomic E-state index is 0.231. The van der Waals surface area contributed by atoms with Crippen LogP contribution in [0.3, 0.4) is 0 Å². The van der Waals surface area contributed by atoms with Crippen molar-refractivity contribution in [3.63, 3.8) is 0 Å². The number of halogens is 1. The highest BCUT2D eigenvalue weighted by Crippen LogP contribution is 2.19. The first-order valence-electron chi connectivity index (χ1n) is 3.17. The maximum absolute atomic E-state index is 12.5. The molecule has 1 aliphatic rings. The van der Waals surface area contributed by atoms with Crippen LogP contribution in [0.4, 0.5) is 4.39 Å². The number of carbonyl (C=O) groups is 2. The van der Waals surface area contributed by atoms with Crippen molar-refractivity contribution in [2.45, 2.75) is 18.6 Å². The van der Waals surface area contributed by atoms with E-state index < -0.39 is 24.1 Å². The highest BCUT2D eigenvalue weighted by atomic mass is 19.1. The maximum Gasteiger partial charge on any atom is 0.326 e. The molecule has 1 N–H and O–H groups in total. The quantitative estimate of drug-likeness (QED) is 0.571. The summed E-state index contributed by atoms with van der Waals surface area (Å²) in [5.74, 6) is -1.89. The Kier molecular flexibility index (Phi) is 1.80. The van der Waals surface area contributed by atoms with Gasteiger partial charge in [-0.2, -0.15) is 0 Å². The lowest BCUT2D eigenvalue weighted by Gasteiger charge is -2.13. The largest absolute Gasteiger partial charge is 0.480 e. The van der Waals surface area contributed by atoms with Crippen molar-refractivity contribution >= 4 is 11.9 Å². The molecule has 1 aliphatic heterocycles. The first kappa shape index (κ1) is 7.97. The SMILES string of the molecule is CN1C(=O)[C@H](F)C[C@H]1C(=O)O. The number of carbonyl (C=O) groups excluding carboxylic acids is 1. The van der Waals surface area contributed by atoms with Crippen LogP contribution in [-0.2, 0) is 9.59 Å². The predicted octanol–water partition coefficient (Wildman–Crippen LogP) is -0.360. The first-order chi connectivity index (χ1) is 5.04. The molecule has 4 nitrogen and oxygen atoms in total. The number of likely N-dealkylation sites (tertiary alicyclic amines) is 1. The van der Waals surface area contributed by atoms with Crippen LogP contribution in [-0.4, -0.2) is 41.1 Å². The molecule has 0 aromatic carbocycles. The molecular weight excluding hydrogens is 153 g/mol. The lowest BCUT2D eigenvalue weighted by molar-refractivity contribution is -0.145. The number of rotatable bonds is 1. The van der Waals surface area contributed by atoms with E-state index in [1.165, 1.54) is 7.05 Å². The summed E-state index contributed by atoms with van der Waals surface area (Å²) in [7, 11) is 1.29. The highest BCUT2D eigenvalue weighted by molar-refractivity contribution is 5.90. The van der Waals surface area contributed by atoms with Crippen LogP contribution in [0.2, 0.25) is 0 Å². The Morgan fingerprint density at radius 3 is 2.55 bits per heavy atom. The Bertz CT molecular complexity index is 206. The van der Waals surface area contributed by atoms with E-state index in [1.807, 2.05) is 0 Å². The van der Waals surface area contributed by atoms with E-state index in [2.05, 4.69) is 0 Å². The Balaban J connectivity index is 2.75. The number of nitrogens with zero attached hydrogens (tertiary/aromatic N) is 1. The zero-order chi connectivity index (χ0) is 8.59. The Morgan fingerprint density at radius 1 is 1.82 bits per heavy atom. The summed E-state index contributed by atoms with van der Waals surface area (Å²) < 4.78 is 12.5. The summed E-state index contributed by atoms with van der Waals surface area (Å²) in [6, 6.07) is -0.988. The van der Waals surface area contributed by atoms with Gasteiger partial charge in [0.05, 0.1) is 0 Å². The van der Waals surface area contributed by atoms with Gasteiger partial charge in [-0.15, -0.1) is 0 Å². The van der Waals surface area contributed by atoms with Crippen LogP contribution < -0.4 is 0 Å². The summed E-state index contributed by atoms with van der Waals surface area (Å²) >= 11 is 0. The van der Waals surface area contributed by atoms with Crippen LogP contribution >= 0.6 is 0 Å². The average molecular weight is 161 g/mol. The number of alkyl halides is 1. The lowest BCUT2D eigenvalue weighted by atomic mass is 10.2. The van der Waals surface area contributed by atoms with Gasteiger partial charge in [0.25, 0.3) is 5.91 Å². The number of carboxylic acid groups (broad SMARTS) is 1. The molecule has 0 aromatic heterocycles. The molecular formula is C6H8FNO3. The van der Waals surface area contributed by atoms with Crippen molar-refractivity contribution in [3.8, 4) is 0 Å². The molecule has 1 saturated heterocycles. The van der Waals surface area contributed by atoms with Crippen LogP contribution in [0.1, 0.15) is 6.42 Å². The van der Waals surface area contributed by atoms with Crippen molar-refractivity contribution in [3.05, 3.63) is 0 Å². The maximum atomic E-state index is 12.5. The third kappa shape index (κ3) is 1.18. The molecule has 1 amide bonds. The molecule has 62 valence electrons. The molecule has 1 rings (SSSR count). The summed E-state index contributed by atoms with van der Waals surface area (Å²) in [5, 5.41) is 8.46. The summed E-state index contributed by atoms with van der Waals surface area (Å²) in [4.78, 5) is 22.0. The van der Waals surface area contributed by atoms with Crippen molar-refractivity contribution in [1.29, 1.82) is 0 Å². The molecule has 0 bridgehead atoms. The van der Waals surface area contributed by atoms with Crippen LogP contribution in [0.25, 0.3) is 0 Å². The van der Waals surface area contributed by atoms with E-state index in [1.54, 1.807) is 0 Å². The number of carboxylic acids is 1. The van der Waals surface area contributed by atoms with Crippen LogP contribution in [0, 0.1) is 0 Å². The fourth-order valence-electron chi connectivity index (χ4n) is 1.10. The van der Waals surface area contributed by atoms with E-state index in [-0.39, 0.29) is 6.42 Å². The number of aliphatic carboxylic acids is 1. The smallest absolute Gasteiger partial charge is 0.326 e. The van der Waals surface area contributed by atoms with E-state index >= 15 is 0 Å². The molecule has 0 saturated carbocycles. The third-order valence-corrected chi connectivity index (χ3v) is 1.80. The molecule has 5 heteroatoms. The molecule has 11 heavy (non-hydrogen) atoms. The zero-order valence-corrected chi connectivity index (χ0v) is 5.95. The van der Waals surface area contributed by atoms with Gasteiger partial charge in [0.2, 0.25) is 0 Å². The topological polar surface area (TPSA) is 57.6 Å². The third-order valence-electron chi connectivity index (χ3n) is 1.80. The average Bonchev–Trinajstić information content (AvgIpc) is 2.17. The van der Waals surface area contributed by atoms with Crippen molar-refractivity contribution < 1.29 is 19.1 Å². The minimum atomic E-state index is -1.64. The van der Waals surface area contributed by atoms with Gasteiger partial charge in [-0.1, -0.05) is 0 Å². The molecule has 1 fully saturated rings. The first-order valence-corrected chi connectivity index (χ1v) is 3.17. The van der Waals surface area contributed by atoms with Crippen molar-refractivity contribution in [2.75, 3.05) is 7.05 Å². The molecule has 0 aliphatic carbocycles. The fourth-order valence-corrected chi connectivity index (χ4v) is 1.10. The van der Waals surface area contributed by atoms with E-state index in [9.17, 15) is 14.0 Å². The monoisotopic (exact) mass is 161 g/mol. The van der Waals surface area contributed by atoms with Gasteiger partial charge in [-0.05, 0) is 0 Å². The molecule has 0 unspecified atom stereocenters. The van der Waals surface area contributed by atoms with Gasteiger partial charge in [0, 0.05) is 13.5 Å². The van der Waals surface area contributed by atoms with E-state index in [0.29, 0.717) is 0 Å². The van der Waals surface area contributed by atoms with Crippen LogP contribution in [0.5, 0.6) is 0 Å². The zero-order valence-electron chi connectivity index (χ0n) is 5.95. The number of likely N-dealkylation sites (N-methyl/N-ethyl adjacent to an activating group) is 1. The lowest BCUT2D eigenvalue weighted by Crippen LogP contribution is -2.35. The standard InChI is InChI=1S/C6H8FNO3/c1-8-4(6(10)11)2-3(7)5(8)9/h3-4H,2H2,1H3,(H,10,11)/t3-,4+/m1/s1. The van der Waals surface area contributed by atoms with Crippen molar-refractivity contribution in [2.24, 2.45) is 0 Å². The second-order valence-electron chi connectivity index (χ2n) is 2.51. The van der Waals surface area contributed by atoms with Gasteiger partial charge in [0.15, 0.2) is 6.17 Å². The Labute approximate surface area is 62.6 Å². The second kappa shape index (κ2) is 2.48. The second-order valence-corrected chi connectivity index (χ2v) is 2.51. The fraction of sp³-hybridized carbons (Fsp3) is 0.667. The molecule has 1 heterocycles. The minimum Gasteiger partial charge on any atom is -0.480 e. The summed E-state index contributed by atoms with van der Waals surface area (Å²) in [6.07, 6.45) is -1.87. The van der Waals surface area contributed by atoms with Gasteiger partial charge in [-0.25, -0.2) is 9.18 Å². The van der Waals surface area contributed by atoms with Gasteiger partial charge < -0.3 is 10.0 Å². The normalized spacial score (nSPS) is 31.1. The van der Waals surface area contributed by atoms with Gasteiger partial charge >= 0.3 is 5.97 Å². The van der Waals surface area contributed by atoms with E-state index in [0.717, 1.165) is 4.90 Å². The molecule has 0 aromatic rings. The van der Waals surface area contributed by atoms with Gasteiger partial charge in [-0.3, -0.25) is 4.79 Å². The Hall–Kier alpha value is -1.13. The number of hydrogen-bond acceptors (Lipinski definition) is 2. The number of amides is 1. The molecule has 0 radical (unpaired) electrons. The van der Waals surface area contributed by atoms with Gasteiger partial charge in [0.1, 0.15) is 6.04 Å². The molecule has 0 spiro atoms. The van der Waals surface area contributed by atoms with Crippen molar-refractivity contribution in [1.82, 2.24) is 4.90 Å². The summed E-state index contributed by atoms with van der Waals surface area (Å²) in [5.41, 5.74) is 0. The van der Waals surface area contributed by atoms with E-state index in [4.69, 9.17) is 5.11 Å². The van der Waals surface area contributed by atoms with Crippen LogP contribution in [0.15, 0.2) is 0 Å². The summed E-state index contributed by atoms with van der Waals surface area (Å²) in [6.45, 7) is 0. The Morgan fingerprint density at radius 2 is 2.36 bits per heavy atom. The molecule has 2 atom stereocenters. The number of hydrogen-bond donors (Lipinski definition) is 1. The highest BCUT2D eigenvalue weighted by Gasteiger charge is 2.41. The predicted molar refractivity (Wildman–Crippen MR) is 33.7 cm³/mol.